The highest BCUT2D eigenvalue weighted by Gasteiger charge is 2.14. The fourth-order valence-electron chi connectivity index (χ4n) is 6.96. The molecule has 0 N–H and O–H groups in total. The first-order valence-electron chi connectivity index (χ1n) is 15.4. The highest BCUT2D eigenvalue weighted by molar-refractivity contribution is 7.26. The average Bonchev–Trinajstić information content (AvgIpc) is 3.50. The molecule has 210 valence electrons. The summed E-state index contributed by atoms with van der Waals surface area (Å²) in [5.41, 5.74) is 10.0. The van der Waals surface area contributed by atoms with Crippen LogP contribution < -0.4 is 0 Å². The van der Waals surface area contributed by atoms with E-state index in [1.165, 1.54) is 86.2 Å². The predicted octanol–water partition coefficient (Wildman–Crippen LogP) is 13.0. The van der Waals surface area contributed by atoms with Gasteiger partial charge < -0.3 is 0 Å². The smallest absolute Gasteiger partial charge is 0.0433 e. The van der Waals surface area contributed by atoms with Gasteiger partial charge in [0, 0.05) is 20.2 Å². The summed E-state index contributed by atoms with van der Waals surface area (Å²) in [5.74, 6) is 0. The van der Waals surface area contributed by atoms with Crippen LogP contribution in [0.25, 0.3) is 86.2 Å². The third-order valence-electron chi connectivity index (χ3n) is 9.09. The Labute approximate surface area is 266 Å². The van der Waals surface area contributed by atoms with E-state index in [2.05, 4.69) is 170 Å². The molecule has 0 fully saturated rings. The van der Waals surface area contributed by atoms with E-state index in [-0.39, 0.29) is 0 Å². The summed E-state index contributed by atoms with van der Waals surface area (Å²) in [5, 5.41) is 7.75. The van der Waals surface area contributed by atoms with E-state index in [0.717, 1.165) is 0 Å². The molecule has 0 nitrogen and oxygen atoms in total. The topological polar surface area (TPSA) is 0 Å². The molecule has 8 aromatic carbocycles. The van der Waals surface area contributed by atoms with Crippen LogP contribution in [0.4, 0.5) is 0 Å². The molecule has 0 spiro atoms. The van der Waals surface area contributed by atoms with E-state index >= 15 is 0 Å². The number of benzene rings is 8. The Hall–Kier alpha value is -5.50. The molecule has 0 bridgehead atoms. The first-order valence-corrected chi connectivity index (χ1v) is 16.2. The maximum absolute atomic E-state index is 2.36. The highest BCUT2D eigenvalue weighted by Crippen LogP contribution is 2.42. The summed E-state index contributed by atoms with van der Waals surface area (Å²) in [6.07, 6.45) is 0. The van der Waals surface area contributed by atoms with Gasteiger partial charge in [0.05, 0.1) is 0 Å². The number of thiophene rings is 1. The van der Waals surface area contributed by atoms with Gasteiger partial charge in [0.2, 0.25) is 0 Å². The molecule has 0 aliphatic carbocycles. The monoisotopic (exact) mass is 588 g/mol. The van der Waals surface area contributed by atoms with Gasteiger partial charge in [-0.3, -0.25) is 0 Å². The molecule has 0 saturated carbocycles. The third-order valence-corrected chi connectivity index (χ3v) is 10.3. The molecule has 9 aromatic rings. The Morgan fingerprint density at radius 1 is 0.289 bits per heavy atom. The molecule has 0 aliphatic heterocycles. The summed E-state index contributed by atoms with van der Waals surface area (Å²) in [6, 6.07) is 62.2. The molecule has 0 atom stereocenters. The molecule has 9 rings (SSSR count). The molecular weight excluding hydrogens is 561 g/mol. The van der Waals surface area contributed by atoms with Crippen molar-refractivity contribution in [2.24, 2.45) is 0 Å². The van der Waals surface area contributed by atoms with E-state index in [4.69, 9.17) is 0 Å². The second-order valence-corrected chi connectivity index (χ2v) is 12.7. The van der Waals surface area contributed by atoms with E-state index in [0.29, 0.717) is 0 Å². The molecular formula is C44H28S. The van der Waals surface area contributed by atoms with Crippen LogP contribution in [0.3, 0.4) is 0 Å². The van der Waals surface area contributed by atoms with Gasteiger partial charge in [-0.1, -0.05) is 152 Å². The largest absolute Gasteiger partial charge is 0.135 e. The minimum atomic E-state index is 1.23. The zero-order chi connectivity index (χ0) is 29.7. The second kappa shape index (κ2) is 10.6. The van der Waals surface area contributed by atoms with Crippen molar-refractivity contribution >= 4 is 53.1 Å². The molecule has 0 aliphatic rings. The first-order chi connectivity index (χ1) is 22.3. The van der Waals surface area contributed by atoms with Gasteiger partial charge in [-0.05, 0) is 84.3 Å². The minimum Gasteiger partial charge on any atom is -0.135 e. The Balaban J connectivity index is 1.17. The lowest BCUT2D eigenvalue weighted by atomic mass is 9.89. The van der Waals surface area contributed by atoms with Crippen LogP contribution in [0.5, 0.6) is 0 Å². The van der Waals surface area contributed by atoms with Gasteiger partial charge in [-0.25, -0.2) is 0 Å². The summed E-state index contributed by atoms with van der Waals surface area (Å²) in [7, 11) is 0. The zero-order valence-electron chi connectivity index (χ0n) is 24.6. The van der Waals surface area contributed by atoms with E-state index < -0.39 is 0 Å². The highest BCUT2D eigenvalue weighted by atomic mass is 32.1. The van der Waals surface area contributed by atoms with Crippen LogP contribution >= 0.6 is 11.3 Å². The SMILES string of the molecule is c1cc(-c2cccc3ccccc23)cc(-c2ccc(-c3cccc(-c4cccc5c4sc4ccccc45)c3)c3ccccc23)c1. The van der Waals surface area contributed by atoms with Crippen molar-refractivity contribution in [1.82, 2.24) is 0 Å². The number of hydrogen-bond acceptors (Lipinski definition) is 1. The summed E-state index contributed by atoms with van der Waals surface area (Å²) >= 11 is 1.89. The van der Waals surface area contributed by atoms with Crippen molar-refractivity contribution in [1.29, 1.82) is 0 Å². The van der Waals surface area contributed by atoms with Crippen LogP contribution in [0, 0.1) is 0 Å². The summed E-state index contributed by atoms with van der Waals surface area (Å²) < 4.78 is 2.68. The van der Waals surface area contributed by atoms with Gasteiger partial charge in [0.1, 0.15) is 0 Å². The fourth-order valence-corrected chi connectivity index (χ4v) is 8.20. The van der Waals surface area contributed by atoms with Crippen LogP contribution in [-0.4, -0.2) is 0 Å². The van der Waals surface area contributed by atoms with Crippen LogP contribution in [-0.2, 0) is 0 Å². The van der Waals surface area contributed by atoms with Crippen molar-refractivity contribution < 1.29 is 0 Å². The molecule has 1 heterocycles. The molecule has 0 amide bonds. The van der Waals surface area contributed by atoms with Gasteiger partial charge in [-0.15, -0.1) is 11.3 Å². The number of rotatable bonds is 4. The van der Waals surface area contributed by atoms with E-state index in [1.807, 2.05) is 11.3 Å². The Morgan fingerprint density at radius 2 is 0.733 bits per heavy atom. The normalized spacial score (nSPS) is 11.6. The van der Waals surface area contributed by atoms with Gasteiger partial charge >= 0.3 is 0 Å². The van der Waals surface area contributed by atoms with Crippen molar-refractivity contribution in [2.75, 3.05) is 0 Å². The van der Waals surface area contributed by atoms with Crippen LogP contribution in [0.1, 0.15) is 0 Å². The average molecular weight is 589 g/mol. The number of fused-ring (bicyclic) bond motifs is 5. The lowest BCUT2D eigenvalue weighted by Crippen LogP contribution is -1.88. The zero-order valence-corrected chi connectivity index (χ0v) is 25.4. The Bertz CT molecular complexity index is 2540. The molecule has 0 radical (unpaired) electrons. The molecule has 0 unspecified atom stereocenters. The van der Waals surface area contributed by atoms with Crippen molar-refractivity contribution in [3.8, 4) is 44.5 Å². The van der Waals surface area contributed by atoms with Crippen LogP contribution in [0.15, 0.2) is 170 Å². The maximum atomic E-state index is 2.36. The van der Waals surface area contributed by atoms with Crippen molar-refractivity contribution in [3.05, 3.63) is 170 Å². The lowest BCUT2D eigenvalue weighted by molar-refractivity contribution is 1.61. The minimum absolute atomic E-state index is 1.23. The maximum Gasteiger partial charge on any atom is 0.0433 e. The molecule has 0 saturated heterocycles. The van der Waals surface area contributed by atoms with E-state index in [1.54, 1.807) is 0 Å². The van der Waals surface area contributed by atoms with Gasteiger partial charge in [0.15, 0.2) is 0 Å². The van der Waals surface area contributed by atoms with Crippen molar-refractivity contribution in [2.45, 2.75) is 0 Å². The predicted molar refractivity (Wildman–Crippen MR) is 196 cm³/mol. The summed E-state index contributed by atoms with van der Waals surface area (Å²) in [4.78, 5) is 0. The fraction of sp³-hybridized carbons (Fsp3) is 0. The Morgan fingerprint density at radius 3 is 1.42 bits per heavy atom. The molecule has 1 aromatic heterocycles. The van der Waals surface area contributed by atoms with Crippen LogP contribution in [0.2, 0.25) is 0 Å². The standard InChI is InChI=1S/C44H28S/c1-2-17-34-29(11-1)12-9-21-35(34)30-13-7-14-31(27-30)36-25-26-37(40-19-4-3-18-39(36)40)32-15-8-16-33(28-32)38-22-10-23-42-41-20-5-6-24-43(41)45-44(38)42/h1-28H. The van der Waals surface area contributed by atoms with Crippen molar-refractivity contribution in [3.63, 3.8) is 0 Å². The lowest BCUT2D eigenvalue weighted by Gasteiger charge is -2.14. The number of hydrogen-bond donors (Lipinski definition) is 0. The van der Waals surface area contributed by atoms with E-state index in [9.17, 15) is 0 Å². The quantitative estimate of drug-likeness (QED) is 0.192. The molecule has 1 heteroatoms. The Kier molecular flexibility index (Phi) is 6.11. The third kappa shape index (κ3) is 4.36. The van der Waals surface area contributed by atoms with Gasteiger partial charge in [-0.2, -0.15) is 0 Å². The summed E-state index contributed by atoms with van der Waals surface area (Å²) in [6.45, 7) is 0. The molecule has 45 heavy (non-hydrogen) atoms. The second-order valence-electron chi connectivity index (χ2n) is 11.7. The first kappa shape index (κ1) is 25.9. The van der Waals surface area contributed by atoms with Gasteiger partial charge in [0.25, 0.3) is 0 Å².